The second-order valence-electron chi connectivity index (χ2n) is 4.31. The molecule has 2 rings (SSSR count). The molecule has 0 saturated heterocycles. The lowest BCUT2D eigenvalue weighted by Gasteiger charge is -2.11. The Balaban J connectivity index is 2.28. The lowest BCUT2D eigenvalue weighted by molar-refractivity contribution is 0.149. The van der Waals surface area contributed by atoms with Crippen molar-refractivity contribution in [1.29, 1.82) is 0 Å². The van der Waals surface area contributed by atoms with Gasteiger partial charge in [0, 0.05) is 12.5 Å². The van der Waals surface area contributed by atoms with Gasteiger partial charge in [-0.25, -0.2) is 4.39 Å². The highest BCUT2D eigenvalue weighted by molar-refractivity contribution is 5.38. The van der Waals surface area contributed by atoms with Crippen LogP contribution in [0.25, 0.3) is 0 Å². The SMILES string of the molecule is COc1cc(F)c(CC2(O)CC2)cc1C. The summed E-state index contributed by atoms with van der Waals surface area (Å²) in [5.74, 6) is 0.261. The molecular formula is C12H15FO2. The summed E-state index contributed by atoms with van der Waals surface area (Å²) in [5, 5.41) is 9.73. The first-order valence-electron chi connectivity index (χ1n) is 5.09. The van der Waals surface area contributed by atoms with Crippen LogP contribution in [0.3, 0.4) is 0 Å². The average molecular weight is 210 g/mol. The molecular weight excluding hydrogens is 195 g/mol. The molecule has 1 N–H and O–H groups in total. The van der Waals surface area contributed by atoms with Crippen LogP contribution in [-0.4, -0.2) is 17.8 Å². The number of rotatable bonds is 3. The molecule has 0 unspecified atom stereocenters. The molecule has 82 valence electrons. The molecule has 0 spiro atoms. The topological polar surface area (TPSA) is 29.5 Å². The molecule has 1 aliphatic carbocycles. The fourth-order valence-corrected chi connectivity index (χ4v) is 1.75. The van der Waals surface area contributed by atoms with Gasteiger partial charge in [0.1, 0.15) is 11.6 Å². The van der Waals surface area contributed by atoms with Gasteiger partial charge in [-0.15, -0.1) is 0 Å². The van der Waals surface area contributed by atoms with Crippen molar-refractivity contribution in [1.82, 2.24) is 0 Å². The van der Waals surface area contributed by atoms with Crippen LogP contribution >= 0.6 is 0 Å². The van der Waals surface area contributed by atoms with Crippen molar-refractivity contribution in [2.24, 2.45) is 0 Å². The van der Waals surface area contributed by atoms with Gasteiger partial charge in [-0.3, -0.25) is 0 Å². The van der Waals surface area contributed by atoms with E-state index >= 15 is 0 Å². The van der Waals surface area contributed by atoms with E-state index in [0.29, 0.717) is 17.7 Å². The number of aliphatic hydroxyl groups is 1. The van der Waals surface area contributed by atoms with E-state index in [1.807, 2.05) is 6.92 Å². The van der Waals surface area contributed by atoms with Gasteiger partial charge < -0.3 is 9.84 Å². The summed E-state index contributed by atoms with van der Waals surface area (Å²) >= 11 is 0. The van der Waals surface area contributed by atoms with Gasteiger partial charge in [0.05, 0.1) is 12.7 Å². The van der Waals surface area contributed by atoms with Crippen molar-refractivity contribution >= 4 is 0 Å². The van der Waals surface area contributed by atoms with Gasteiger partial charge in [0.25, 0.3) is 0 Å². The molecule has 0 radical (unpaired) electrons. The van der Waals surface area contributed by atoms with E-state index in [9.17, 15) is 9.50 Å². The van der Waals surface area contributed by atoms with Crippen molar-refractivity contribution < 1.29 is 14.2 Å². The van der Waals surface area contributed by atoms with Crippen molar-refractivity contribution in [2.75, 3.05) is 7.11 Å². The van der Waals surface area contributed by atoms with E-state index in [-0.39, 0.29) is 5.82 Å². The summed E-state index contributed by atoms with van der Waals surface area (Å²) in [6, 6.07) is 3.14. The molecule has 0 heterocycles. The molecule has 1 aliphatic rings. The van der Waals surface area contributed by atoms with Crippen LogP contribution in [0.15, 0.2) is 12.1 Å². The van der Waals surface area contributed by atoms with Crippen molar-refractivity contribution in [3.05, 3.63) is 29.1 Å². The van der Waals surface area contributed by atoms with Crippen LogP contribution < -0.4 is 4.74 Å². The summed E-state index contributed by atoms with van der Waals surface area (Å²) in [4.78, 5) is 0. The van der Waals surface area contributed by atoms with Crippen LogP contribution in [-0.2, 0) is 6.42 Å². The largest absolute Gasteiger partial charge is 0.496 e. The fourth-order valence-electron chi connectivity index (χ4n) is 1.75. The third-order valence-electron chi connectivity index (χ3n) is 2.91. The van der Waals surface area contributed by atoms with Gasteiger partial charge in [-0.2, -0.15) is 0 Å². The maximum absolute atomic E-state index is 13.6. The molecule has 1 saturated carbocycles. The quantitative estimate of drug-likeness (QED) is 0.828. The molecule has 0 aliphatic heterocycles. The second kappa shape index (κ2) is 3.49. The van der Waals surface area contributed by atoms with E-state index in [0.717, 1.165) is 18.4 Å². The zero-order valence-electron chi connectivity index (χ0n) is 9.01. The number of aryl methyl sites for hydroxylation is 1. The van der Waals surface area contributed by atoms with E-state index in [1.54, 1.807) is 6.07 Å². The molecule has 0 atom stereocenters. The van der Waals surface area contributed by atoms with Crippen molar-refractivity contribution in [3.8, 4) is 5.75 Å². The van der Waals surface area contributed by atoms with Gasteiger partial charge in [0.2, 0.25) is 0 Å². The minimum Gasteiger partial charge on any atom is -0.496 e. The zero-order valence-corrected chi connectivity index (χ0v) is 9.01. The highest BCUT2D eigenvalue weighted by Gasteiger charge is 2.40. The Morgan fingerprint density at radius 3 is 2.67 bits per heavy atom. The Bertz CT molecular complexity index is 383. The lowest BCUT2D eigenvalue weighted by atomic mass is 10.0. The highest BCUT2D eigenvalue weighted by atomic mass is 19.1. The predicted octanol–water partition coefficient (Wildman–Crippen LogP) is 2.21. The number of hydrogen-bond donors (Lipinski definition) is 1. The van der Waals surface area contributed by atoms with E-state index in [4.69, 9.17) is 4.74 Å². The third-order valence-corrected chi connectivity index (χ3v) is 2.91. The third kappa shape index (κ3) is 2.12. The standard InChI is InChI=1S/C12H15FO2/c1-8-5-9(7-12(14)3-4-12)10(13)6-11(8)15-2/h5-6,14H,3-4,7H2,1-2H3. The van der Waals surface area contributed by atoms with Gasteiger partial charge >= 0.3 is 0 Å². The Kier molecular flexibility index (Phi) is 2.43. The number of benzene rings is 1. The normalized spacial score (nSPS) is 17.6. The number of hydrogen-bond acceptors (Lipinski definition) is 2. The summed E-state index contributed by atoms with van der Waals surface area (Å²) in [6.45, 7) is 1.87. The monoisotopic (exact) mass is 210 g/mol. The Labute approximate surface area is 88.7 Å². The lowest BCUT2D eigenvalue weighted by Crippen LogP contribution is -2.12. The minimum atomic E-state index is -0.651. The molecule has 3 heteroatoms. The smallest absolute Gasteiger partial charge is 0.130 e. The van der Waals surface area contributed by atoms with Crippen LogP contribution in [0.5, 0.6) is 5.75 Å². The van der Waals surface area contributed by atoms with E-state index in [1.165, 1.54) is 13.2 Å². The Hall–Kier alpha value is -1.09. The van der Waals surface area contributed by atoms with Gasteiger partial charge in [-0.1, -0.05) is 0 Å². The maximum Gasteiger partial charge on any atom is 0.130 e. The molecule has 0 aromatic heterocycles. The zero-order chi connectivity index (χ0) is 11.1. The predicted molar refractivity (Wildman–Crippen MR) is 55.6 cm³/mol. The van der Waals surface area contributed by atoms with Gasteiger partial charge in [0.15, 0.2) is 0 Å². The van der Waals surface area contributed by atoms with Crippen LogP contribution in [0.1, 0.15) is 24.0 Å². The first-order chi connectivity index (χ1) is 7.04. The summed E-state index contributed by atoms with van der Waals surface area (Å²) in [6.07, 6.45) is 1.96. The van der Waals surface area contributed by atoms with Crippen LogP contribution in [0.2, 0.25) is 0 Å². The molecule has 1 fully saturated rings. The first kappa shape index (κ1) is 10.4. The van der Waals surface area contributed by atoms with E-state index in [2.05, 4.69) is 0 Å². The van der Waals surface area contributed by atoms with Crippen LogP contribution in [0.4, 0.5) is 4.39 Å². The molecule has 1 aromatic rings. The fraction of sp³-hybridized carbons (Fsp3) is 0.500. The summed E-state index contributed by atoms with van der Waals surface area (Å²) < 4.78 is 18.6. The molecule has 0 bridgehead atoms. The number of ether oxygens (including phenoxy) is 1. The summed E-state index contributed by atoms with van der Waals surface area (Å²) in [7, 11) is 1.52. The van der Waals surface area contributed by atoms with E-state index < -0.39 is 5.60 Å². The number of halogens is 1. The van der Waals surface area contributed by atoms with Gasteiger partial charge in [-0.05, 0) is 37.0 Å². The second-order valence-corrected chi connectivity index (χ2v) is 4.31. The van der Waals surface area contributed by atoms with Crippen LogP contribution in [0, 0.1) is 12.7 Å². The highest BCUT2D eigenvalue weighted by Crippen LogP contribution is 2.39. The Morgan fingerprint density at radius 2 is 2.13 bits per heavy atom. The first-order valence-corrected chi connectivity index (χ1v) is 5.09. The average Bonchev–Trinajstić information content (AvgIpc) is 2.89. The van der Waals surface area contributed by atoms with Crippen molar-refractivity contribution in [3.63, 3.8) is 0 Å². The van der Waals surface area contributed by atoms with Crippen molar-refractivity contribution in [2.45, 2.75) is 31.8 Å². The molecule has 2 nitrogen and oxygen atoms in total. The Morgan fingerprint density at radius 1 is 1.47 bits per heavy atom. The molecule has 1 aromatic carbocycles. The molecule has 0 amide bonds. The minimum absolute atomic E-state index is 0.294. The number of methoxy groups -OCH3 is 1. The molecule has 15 heavy (non-hydrogen) atoms. The summed E-state index contributed by atoms with van der Waals surface area (Å²) in [5.41, 5.74) is 0.827. The maximum atomic E-state index is 13.6.